The molecule has 2 heterocycles. The summed E-state index contributed by atoms with van der Waals surface area (Å²) < 4.78 is 5.68. The molecule has 1 fully saturated rings. The third-order valence-corrected chi connectivity index (χ3v) is 4.03. The van der Waals surface area contributed by atoms with Crippen molar-refractivity contribution in [2.24, 2.45) is 11.3 Å². The van der Waals surface area contributed by atoms with Gasteiger partial charge in [0, 0.05) is 19.0 Å². The number of ether oxygens (including phenoxy) is 1. The molecule has 3 atom stereocenters. The van der Waals surface area contributed by atoms with E-state index in [0.717, 1.165) is 4.90 Å². The molecule has 0 aromatic heterocycles. The van der Waals surface area contributed by atoms with E-state index in [1.807, 2.05) is 0 Å². The van der Waals surface area contributed by atoms with Gasteiger partial charge in [-0.25, -0.2) is 9.59 Å². The fourth-order valence-corrected chi connectivity index (χ4v) is 2.73. The second-order valence-corrected chi connectivity index (χ2v) is 6.28. The van der Waals surface area contributed by atoms with Gasteiger partial charge in [0.15, 0.2) is 11.9 Å². The maximum Gasteiger partial charge on any atom is 0.356 e. The molecular weight excluding hydrogens is 306 g/mol. The number of carboxylic acid groups (broad SMARTS) is 1. The van der Waals surface area contributed by atoms with E-state index in [1.54, 1.807) is 13.8 Å². The van der Waals surface area contributed by atoms with Gasteiger partial charge in [0.05, 0.1) is 6.10 Å². The van der Waals surface area contributed by atoms with Crippen LogP contribution in [0.2, 0.25) is 0 Å². The number of carboxylic acids is 1. The molecule has 0 bridgehead atoms. The highest BCUT2D eigenvalue weighted by molar-refractivity contribution is 5.98. The van der Waals surface area contributed by atoms with Crippen LogP contribution in [0.4, 0.5) is 4.79 Å². The molecule has 0 aromatic rings. The molecule has 2 rings (SSSR count). The summed E-state index contributed by atoms with van der Waals surface area (Å²) in [5, 5.41) is 24.1. The molecule has 9 heteroatoms. The molecule has 0 aromatic carbocycles. The second kappa shape index (κ2) is 5.73. The zero-order valence-electron chi connectivity index (χ0n) is 13.4. The number of rotatable bonds is 5. The number of urea groups is 1. The number of aliphatic carboxylic acids is 1. The number of nitrogens with one attached hydrogen (secondary N) is 2. The third kappa shape index (κ3) is 2.72. The van der Waals surface area contributed by atoms with E-state index >= 15 is 0 Å². The van der Waals surface area contributed by atoms with Crippen molar-refractivity contribution in [1.29, 1.82) is 0 Å². The highest BCUT2D eigenvalue weighted by Gasteiger charge is 2.60. The van der Waals surface area contributed by atoms with Gasteiger partial charge in [0.1, 0.15) is 11.7 Å². The standard InChI is InChI=1S/C14H21N3O6/c1-6(18)7-10(19)17-8(12(20)21)9(23-11(7)17)14(2,3)5-16-13(22)15-4/h6-7,11,18H,5H2,1-4H3,(H,20,21)(H2,15,16,22)/t6-,7+,11-/m1/s1. The Kier molecular flexibility index (Phi) is 4.25. The number of carbonyl (C=O) groups is 3. The number of aliphatic hydroxyl groups excluding tert-OH is 1. The normalized spacial score (nSPS) is 24.6. The lowest BCUT2D eigenvalue weighted by Crippen LogP contribution is -2.62. The van der Waals surface area contributed by atoms with Crippen molar-refractivity contribution < 1.29 is 29.3 Å². The Bertz CT molecular complexity index is 583. The summed E-state index contributed by atoms with van der Waals surface area (Å²) in [6.07, 6.45) is -1.76. The zero-order valence-corrected chi connectivity index (χ0v) is 13.4. The number of carbonyl (C=O) groups excluding carboxylic acids is 2. The molecule has 1 saturated heterocycles. The van der Waals surface area contributed by atoms with Crippen LogP contribution in [-0.2, 0) is 14.3 Å². The van der Waals surface area contributed by atoms with Gasteiger partial charge in [-0.05, 0) is 6.92 Å². The second-order valence-electron chi connectivity index (χ2n) is 6.28. The zero-order chi connectivity index (χ0) is 17.5. The number of β-lactam (4-membered cyclic amide) rings is 1. The smallest absolute Gasteiger partial charge is 0.356 e. The molecule has 0 spiro atoms. The number of hydrogen-bond donors (Lipinski definition) is 4. The van der Waals surface area contributed by atoms with Crippen LogP contribution in [0.15, 0.2) is 11.5 Å². The van der Waals surface area contributed by atoms with Crippen molar-refractivity contribution >= 4 is 17.9 Å². The molecule has 23 heavy (non-hydrogen) atoms. The van der Waals surface area contributed by atoms with Gasteiger partial charge in [-0.2, -0.15) is 0 Å². The van der Waals surface area contributed by atoms with Crippen LogP contribution in [0.1, 0.15) is 20.8 Å². The lowest BCUT2D eigenvalue weighted by Gasteiger charge is -2.42. The Balaban J connectivity index is 2.28. The maximum atomic E-state index is 12.1. The molecule has 0 unspecified atom stereocenters. The number of aliphatic hydroxyl groups is 1. The van der Waals surface area contributed by atoms with Crippen molar-refractivity contribution in [2.75, 3.05) is 13.6 Å². The van der Waals surface area contributed by atoms with Crippen LogP contribution >= 0.6 is 0 Å². The molecule has 0 aliphatic carbocycles. The van der Waals surface area contributed by atoms with Crippen LogP contribution in [0, 0.1) is 11.3 Å². The summed E-state index contributed by atoms with van der Waals surface area (Å²) in [4.78, 5) is 36.0. The quantitative estimate of drug-likeness (QED) is 0.501. The fourth-order valence-electron chi connectivity index (χ4n) is 2.73. The first-order chi connectivity index (χ1) is 10.6. The Morgan fingerprint density at radius 3 is 2.52 bits per heavy atom. The van der Waals surface area contributed by atoms with E-state index in [-0.39, 0.29) is 18.0 Å². The largest absolute Gasteiger partial charge is 0.476 e. The van der Waals surface area contributed by atoms with E-state index in [1.165, 1.54) is 14.0 Å². The summed E-state index contributed by atoms with van der Waals surface area (Å²) in [6, 6.07) is -0.408. The van der Waals surface area contributed by atoms with Gasteiger partial charge in [-0.15, -0.1) is 0 Å². The lowest BCUT2D eigenvalue weighted by molar-refractivity contribution is -0.183. The SMILES string of the molecule is CNC(=O)NCC(C)(C)C1=C(C(=O)O)N2C(=O)[C@H]([C@@H](C)O)[C@H]2O1. The summed E-state index contributed by atoms with van der Waals surface area (Å²) >= 11 is 0. The van der Waals surface area contributed by atoms with E-state index in [9.17, 15) is 24.6 Å². The van der Waals surface area contributed by atoms with Gasteiger partial charge in [-0.1, -0.05) is 13.8 Å². The van der Waals surface area contributed by atoms with E-state index < -0.39 is 41.6 Å². The van der Waals surface area contributed by atoms with Crippen molar-refractivity contribution in [3.63, 3.8) is 0 Å². The van der Waals surface area contributed by atoms with Crippen LogP contribution in [0.3, 0.4) is 0 Å². The maximum absolute atomic E-state index is 12.1. The van der Waals surface area contributed by atoms with Crippen molar-refractivity contribution in [3.05, 3.63) is 11.5 Å². The summed E-state index contributed by atoms with van der Waals surface area (Å²) in [5.74, 6) is -2.44. The molecule has 128 valence electrons. The predicted octanol–water partition coefficient (Wildman–Crippen LogP) is -0.567. The van der Waals surface area contributed by atoms with Crippen LogP contribution in [0.5, 0.6) is 0 Å². The van der Waals surface area contributed by atoms with Crippen molar-refractivity contribution in [3.8, 4) is 0 Å². The van der Waals surface area contributed by atoms with Gasteiger partial charge < -0.3 is 25.6 Å². The molecule has 9 nitrogen and oxygen atoms in total. The summed E-state index contributed by atoms with van der Waals surface area (Å²) in [5.41, 5.74) is -1.08. The van der Waals surface area contributed by atoms with Gasteiger partial charge in [0.2, 0.25) is 5.91 Å². The average Bonchev–Trinajstić information content (AvgIpc) is 2.80. The Labute approximate surface area is 133 Å². The molecule has 0 radical (unpaired) electrons. The Hall–Kier alpha value is -2.29. The molecule has 2 aliphatic heterocycles. The highest BCUT2D eigenvalue weighted by Crippen LogP contribution is 2.46. The number of hydrogen-bond acceptors (Lipinski definition) is 5. The number of fused-ring (bicyclic) bond motifs is 1. The third-order valence-electron chi connectivity index (χ3n) is 4.03. The van der Waals surface area contributed by atoms with Crippen LogP contribution in [0.25, 0.3) is 0 Å². The van der Waals surface area contributed by atoms with Gasteiger partial charge in [0.25, 0.3) is 0 Å². The van der Waals surface area contributed by atoms with Crippen molar-refractivity contribution in [1.82, 2.24) is 15.5 Å². The van der Waals surface area contributed by atoms with Gasteiger partial charge >= 0.3 is 12.0 Å². The predicted molar refractivity (Wildman–Crippen MR) is 77.8 cm³/mol. The first-order valence-corrected chi connectivity index (χ1v) is 7.23. The Morgan fingerprint density at radius 2 is 2.04 bits per heavy atom. The topological polar surface area (TPSA) is 128 Å². The number of amides is 3. The highest BCUT2D eigenvalue weighted by atomic mass is 16.5. The lowest BCUT2D eigenvalue weighted by atomic mass is 9.88. The van der Waals surface area contributed by atoms with Gasteiger partial charge in [-0.3, -0.25) is 9.69 Å². The van der Waals surface area contributed by atoms with E-state index in [4.69, 9.17) is 4.74 Å². The molecule has 3 amide bonds. The van der Waals surface area contributed by atoms with Crippen molar-refractivity contribution in [2.45, 2.75) is 33.1 Å². The Morgan fingerprint density at radius 1 is 1.43 bits per heavy atom. The minimum atomic E-state index is -1.28. The molecule has 0 saturated carbocycles. The molecule has 4 N–H and O–H groups in total. The minimum Gasteiger partial charge on any atom is -0.476 e. The first-order valence-electron chi connectivity index (χ1n) is 7.23. The van der Waals surface area contributed by atoms with Crippen LogP contribution < -0.4 is 10.6 Å². The van der Waals surface area contributed by atoms with Crippen LogP contribution in [-0.4, -0.2) is 58.9 Å². The fraction of sp³-hybridized carbons (Fsp3) is 0.643. The monoisotopic (exact) mass is 327 g/mol. The minimum absolute atomic E-state index is 0.114. The molecule has 2 aliphatic rings. The van der Waals surface area contributed by atoms with E-state index in [0.29, 0.717) is 0 Å². The number of nitrogens with zero attached hydrogens (tertiary/aromatic N) is 1. The average molecular weight is 327 g/mol. The molecular formula is C14H21N3O6. The summed E-state index contributed by atoms with van der Waals surface area (Å²) in [6.45, 7) is 4.98. The summed E-state index contributed by atoms with van der Waals surface area (Å²) in [7, 11) is 1.47. The van der Waals surface area contributed by atoms with E-state index in [2.05, 4.69) is 10.6 Å². The first kappa shape index (κ1) is 17.1.